The number of methoxy groups -OCH3 is 1. The molecule has 1 aromatic heterocycles. The minimum atomic E-state index is 0.528. The highest BCUT2D eigenvalue weighted by atomic mass is 35.5. The average molecular weight is 519 g/mol. The number of rotatable bonds is 11. The van der Waals surface area contributed by atoms with Crippen LogP contribution in [0.2, 0.25) is 5.02 Å². The Labute approximate surface area is 224 Å². The quantitative estimate of drug-likeness (QED) is 0.215. The van der Waals surface area contributed by atoms with Crippen LogP contribution in [0.5, 0.6) is 5.88 Å². The maximum Gasteiger partial charge on any atom is 0.240 e. The number of para-hydroxylation sites is 1. The molecule has 0 saturated carbocycles. The van der Waals surface area contributed by atoms with Crippen molar-refractivity contribution in [2.75, 3.05) is 45.4 Å². The minimum Gasteiger partial charge on any atom is -0.476 e. The van der Waals surface area contributed by atoms with Gasteiger partial charge < -0.3 is 14.4 Å². The van der Waals surface area contributed by atoms with Gasteiger partial charge >= 0.3 is 0 Å². The SMILES string of the molecule is COC[C@H]1CCCN1CCCOc1nn(Cc2ccc(Cl)cc2)c2ccc(N(C)c3ccccc3)cc12. The van der Waals surface area contributed by atoms with Gasteiger partial charge in [-0.3, -0.25) is 9.58 Å². The van der Waals surface area contributed by atoms with Crippen molar-refractivity contribution in [3.8, 4) is 5.88 Å². The lowest BCUT2D eigenvalue weighted by atomic mass is 10.2. The fraction of sp³-hybridized carbons (Fsp3) is 0.367. The molecule has 2 heterocycles. The van der Waals surface area contributed by atoms with Gasteiger partial charge in [-0.15, -0.1) is 5.10 Å². The Morgan fingerprint density at radius 1 is 1.03 bits per heavy atom. The van der Waals surface area contributed by atoms with Crippen LogP contribution in [0, 0.1) is 0 Å². The minimum absolute atomic E-state index is 0.528. The highest BCUT2D eigenvalue weighted by molar-refractivity contribution is 6.30. The largest absolute Gasteiger partial charge is 0.476 e. The maximum absolute atomic E-state index is 6.32. The first-order valence-corrected chi connectivity index (χ1v) is 13.4. The second kappa shape index (κ2) is 12.0. The predicted molar refractivity (Wildman–Crippen MR) is 151 cm³/mol. The summed E-state index contributed by atoms with van der Waals surface area (Å²) in [6.07, 6.45) is 3.41. The fourth-order valence-electron chi connectivity index (χ4n) is 5.14. The Hall–Kier alpha value is -3.06. The summed E-state index contributed by atoms with van der Waals surface area (Å²) >= 11 is 6.10. The molecule has 6 nitrogen and oxygen atoms in total. The summed E-state index contributed by atoms with van der Waals surface area (Å²) in [6.45, 7) is 4.24. The van der Waals surface area contributed by atoms with E-state index in [1.165, 1.54) is 12.8 Å². The lowest BCUT2D eigenvalue weighted by Crippen LogP contribution is -2.34. The van der Waals surface area contributed by atoms with Crippen LogP contribution in [0.3, 0.4) is 0 Å². The van der Waals surface area contributed by atoms with Crippen LogP contribution in [0.4, 0.5) is 11.4 Å². The smallest absolute Gasteiger partial charge is 0.240 e. The van der Waals surface area contributed by atoms with Gasteiger partial charge in [0.05, 0.1) is 30.7 Å². The van der Waals surface area contributed by atoms with E-state index in [1.807, 2.05) is 35.0 Å². The maximum atomic E-state index is 6.32. The lowest BCUT2D eigenvalue weighted by Gasteiger charge is -2.23. The second-order valence-corrected chi connectivity index (χ2v) is 10.1. The number of hydrogen-bond donors (Lipinski definition) is 0. The van der Waals surface area contributed by atoms with E-state index >= 15 is 0 Å². The topological polar surface area (TPSA) is 42.8 Å². The fourth-order valence-corrected chi connectivity index (χ4v) is 5.27. The first kappa shape index (κ1) is 25.6. The Morgan fingerprint density at radius 2 is 1.84 bits per heavy atom. The standard InChI is InChI=1S/C30H35ClN4O2/c1-33(25-8-4-3-5-9-25)26-15-16-29-28(20-26)30(32-35(29)21-23-11-13-24(31)14-12-23)37-19-7-18-34-17-6-10-27(34)22-36-2/h3-5,8-9,11-16,20,27H,6-7,10,17-19,21-22H2,1-2H3/t27-/m1/s1. The molecule has 1 aliphatic heterocycles. The number of halogens is 1. The van der Waals surface area contributed by atoms with Crippen molar-refractivity contribution in [2.45, 2.75) is 31.8 Å². The zero-order chi connectivity index (χ0) is 25.6. The summed E-state index contributed by atoms with van der Waals surface area (Å²) < 4.78 is 13.7. The van der Waals surface area contributed by atoms with E-state index in [9.17, 15) is 0 Å². The third-order valence-electron chi connectivity index (χ3n) is 7.16. The summed E-state index contributed by atoms with van der Waals surface area (Å²) in [5.74, 6) is 0.683. The molecule has 1 aliphatic rings. The molecule has 37 heavy (non-hydrogen) atoms. The van der Waals surface area contributed by atoms with E-state index in [0.29, 0.717) is 25.1 Å². The lowest BCUT2D eigenvalue weighted by molar-refractivity contribution is 0.111. The average Bonchev–Trinajstić information content (AvgIpc) is 3.52. The molecule has 0 aliphatic carbocycles. The molecule has 194 valence electrons. The number of fused-ring (bicyclic) bond motifs is 1. The molecule has 1 saturated heterocycles. The molecule has 0 N–H and O–H groups in total. The number of hydrogen-bond acceptors (Lipinski definition) is 5. The van der Waals surface area contributed by atoms with Crippen LogP contribution in [0.25, 0.3) is 10.9 Å². The van der Waals surface area contributed by atoms with Crippen LogP contribution in [0.1, 0.15) is 24.8 Å². The van der Waals surface area contributed by atoms with Crippen LogP contribution in [-0.4, -0.2) is 61.2 Å². The third-order valence-corrected chi connectivity index (χ3v) is 7.42. The number of aromatic nitrogens is 2. The third kappa shape index (κ3) is 6.09. The molecular weight excluding hydrogens is 484 g/mol. The zero-order valence-electron chi connectivity index (χ0n) is 21.6. The Kier molecular flexibility index (Phi) is 8.29. The Morgan fingerprint density at radius 3 is 2.62 bits per heavy atom. The molecule has 5 rings (SSSR count). The van der Waals surface area contributed by atoms with Crippen molar-refractivity contribution in [3.05, 3.63) is 83.4 Å². The first-order valence-electron chi connectivity index (χ1n) is 13.0. The Bertz CT molecular complexity index is 1290. The highest BCUT2D eigenvalue weighted by Crippen LogP contribution is 2.32. The monoisotopic (exact) mass is 518 g/mol. The summed E-state index contributed by atoms with van der Waals surface area (Å²) in [5.41, 5.74) is 4.42. The molecule has 0 unspecified atom stereocenters. The highest BCUT2D eigenvalue weighted by Gasteiger charge is 2.23. The molecule has 7 heteroatoms. The Balaban J connectivity index is 1.36. The van der Waals surface area contributed by atoms with Crippen molar-refractivity contribution in [2.24, 2.45) is 0 Å². The number of likely N-dealkylation sites (tertiary alicyclic amines) is 1. The molecule has 3 aromatic carbocycles. The molecule has 1 atom stereocenters. The molecule has 0 radical (unpaired) electrons. The molecule has 4 aromatic rings. The van der Waals surface area contributed by atoms with E-state index in [-0.39, 0.29) is 0 Å². The molecule has 0 spiro atoms. The van der Waals surface area contributed by atoms with Crippen LogP contribution in [-0.2, 0) is 11.3 Å². The van der Waals surface area contributed by atoms with Crippen LogP contribution >= 0.6 is 11.6 Å². The van der Waals surface area contributed by atoms with Crippen molar-refractivity contribution < 1.29 is 9.47 Å². The van der Waals surface area contributed by atoms with E-state index in [1.54, 1.807) is 7.11 Å². The van der Waals surface area contributed by atoms with Crippen LogP contribution in [0.15, 0.2) is 72.8 Å². The normalized spacial score (nSPS) is 15.9. The van der Waals surface area contributed by atoms with E-state index in [0.717, 1.165) is 59.0 Å². The number of anilines is 2. The summed E-state index contributed by atoms with van der Waals surface area (Å²) in [6, 6.07) is 25.3. The van der Waals surface area contributed by atoms with Gasteiger partial charge in [-0.05, 0) is 73.8 Å². The molecule has 0 bridgehead atoms. The van der Waals surface area contributed by atoms with E-state index in [4.69, 9.17) is 26.2 Å². The van der Waals surface area contributed by atoms with Gasteiger partial charge in [0, 0.05) is 43.1 Å². The summed E-state index contributed by atoms with van der Waals surface area (Å²) in [4.78, 5) is 4.71. The van der Waals surface area contributed by atoms with E-state index in [2.05, 4.69) is 59.3 Å². The van der Waals surface area contributed by atoms with Gasteiger partial charge in [0.25, 0.3) is 0 Å². The van der Waals surface area contributed by atoms with Gasteiger partial charge in [0.1, 0.15) is 0 Å². The number of ether oxygens (including phenoxy) is 2. The summed E-state index contributed by atoms with van der Waals surface area (Å²) in [5, 5.41) is 6.66. The predicted octanol–water partition coefficient (Wildman–Crippen LogP) is 6.39. The van der Waals surface area contributed by atoms with Gasteiger partial charge in [-0.1, -0.05) is 41.9 Å². The van der Waals surface area contributed by atoms with Crippen molar-refractivity contribution in [1.29, 1.82) is 0 Å². The number of benzene rings is 3. The number of nitrogens with zero attached hydrogens (tertiary/aromatic N) is 4. The molecule has 0 amide bonds. The van der Waals surface area contributed by atoms with Crippen molar-refractivity contribution >= 4 is 33.9 Å². The van der Waals surface area contributed by atoms with E-state index < -0.39 is 0 Å². The summed E-state index contributed by atoms with van der Waals surface area (Å²) in [7, 11) is 3.87. The zero-order valence-corrected chi connectivity index (χ0v) is 22.4. The van der Waals surface area contributed by atoms with Gasteiger partial charge in [0.2, 0.25) is 5.88 Å². The van der Waals surface area contributed by atoms with Crippen LogP contribution < -0.4 is 9.64 Å². The van der Waals surface area contributed by atoms with Gasteiger partial charge in [-0.25, -0.2) is 0 Å². The molecule has 1 fully saturated rings. The first-order chi connectivity index (χ1) is 18.1. The molecular formula is C30H35ClN4O2. The van der Waals surface area contributed by atoms with Gasteiger partial charge in [0.15, 0.2) is 0 Å². The van der Waals surface area contributed by atoms with Crippen molar-refractivity contribution in [1.82, 2.24) is 14.7 Å². The second-order valence-electron chi connectivity index (χ2n) is 9.67. The van der Waals surface area contributed by atoms with Crippen molar-refractivity contribution in [3.63, 3.8) is 0 Å². The van der Waals surface area contributed by atoms with Gasteiger partial charge in [-0.2, -0.15) is 0 Å².